The van der Waals surface area contributed by atoms with Gasteiger partial charge < -0.3 is 30.7 Å². The van der Waals surface area contributed by atoms with Crippen molar-refractivity contribution in [2.45, 2.75) is 62.8 Å². The van der Waals surface area contributed by atoms with Crippen LogP contribution in [0.15, 0.2) is 30.6 Å². The van der Waals surface area contributed by atoms with E-state index in [9.17, 15) is 27.6 Å². The van der Waals surface area contributed by atoms with E-state index < -0.39 is 17.8 Å². The first-order valence-corrected chi connectivity index (χ1v) is 16.1. The maximum Gasteiger partial charge on any atom is 0.435 e. The van der Waals surface area contributed by atoms with Gasteiger partial charge in [-0.3, -0.25) is 14.3 Å². The summed E-state index contributed by atoms with van der Waals surface area (Å²) in [4.78, 5) is 46.3. The second-order valence-corrected chi connectivity index (χ2v) is 13.7. The van der Waals surface area contributed by atoms with E-state index in [-0.39, 0.29) is 63.4 Å². The number of piperazine rings is 1. The molecular formula is C31H35ClF3N9O3. The molecule has 0 atom stereocenters. The highest BCUT2D eigenvalue weighted by Gasteiger charge is 2.54. The van der Waals surface area contributed by atoms with Gasteiger partial charge in [0.05, 0.1) is 34.1 Å². The molecule has 0 bridgehead atoms. The number of aromatic nitrogens is 4. The van der Waals surface area contributed by atoms with Crippen molar-refractivity contribution in [2.24, 2.45) is 18.2 Å². The first-order valence-electron chi connectivity index (χ1n) is 15.7. The number of halogens is 4. The predicted molar refractivity (Wildman–Crippen MR) is 166 cm³/mol. The zero-order valence-corrected chi connectivity index (χ0v) is 26.4. The number of hydrogen-bond acceptors (Lipinski definition) is 6. The van der Waals surface area contributed by atoms with Crippen LogP contribution in [0.4, 0.5) is 23.7 Å². The Kier molecular flexibility index (Phi) is 7.73. The third kappa shape index (κ3) is 6.06. The molecule has 16 heteroatoms. The number of hydrogen-bond donors (Lipinski definition) is 3. The average molecular weight is 674 g/mol. The van der Waals surface area contributed by atoms with Gasteiger partial charge in [0.2, 0.25) is 0 Å². The van der Waals surface area contributed by atoms with E-state index in [4.69, 9.17) is 17.3 Å². The Morgan fingerprint density at radius 2 is 1.74 bits per heavy atom. The minimum absolute atomic E-state index is 0.0731. The van der Waals surface area contributed by atoms with Gasteiger partial charge in [0, 0.05) is 57.2 Å². The molecule has 47 heavy (non-hydrogen) atoms. The monoisotopic (exact) mass is 673 g/mol. The van der Waals surface area contributed by atoms with Crippen LogP contribution in [0.1, 0.15) is 71.2 Å². The number of carbonyl (C=O) groups is 3. The third-order valence-corrected chi connectivity index (χ3v) is 10.3. The molecule has 1 aromatic carbocycles. The lowest BCUT2D eigenvalue weighted by Gasteiger charge is -2.38. The molecule has 0 radical (unpaired) electrons. The summed E-state index contributed by atoms with van der Waals surface area (Å²) in [5.74, 6) is -1.08. The van der Waals surface area contributed by atoms with Crippen LogP contribution in [-0.4, -0.2) is 85.2 Å². The summed E-state index contributed by atoms with van der Waals surface area (Å²) in [6, 6.07) is 4.43. The number of alkyl halides is 3. The van der Waals surface area contributed by atoms with Crippen molar-refractivity contribution in [2.75, 3.05) is 31.5 Å². The minimum atomic E-state index is -4.68. The second-order valence-electron chi connectivity index (χ2n) is 13.3. The first kappa shape index (κ1) is 31.5. The molecule has 3 aliphatic carbocycles. The summed E-state index contributed by atoms with van der Waals surface area (Å²) < 4.78 is 44.7. The van der Waals surface area contributed by atoms with Gasteiger partial charge in [-0.05, 0) is 62.1 Å². The summed E-state index contributed by atoms with van der Waals surface area (Å²) in [5, 5.41) is 9.65. The topological polar surface area (TPSA) is 143 Å². The van der Waals surface area contributed by atoms with E-state index >= 15 is 0 Å². The van der Waals surface area contributed by atoms with Crippen LogP contribution < -0.4 is 16.4 Å². The van der Waals surface area contributed by atoms with Gasteiger partial charge in [0.15, 0.2) is 11.5 Å². The van der Waals surface area contributed by atoms with Crippen molar-refractivity contribution in [3.05, 3.63) is 52.7 Å². The number of benzene rings is 1. The van der Waals surface area contributed by atoms with Gasteiger partial charge in [-0.25, -0.2) is 9.78 Å². The molecule has 1 spiro atoms. The normalized spacial score (nSPS) is 22.1. The fraction of sp³-hybridized carbons (Fsp3) is 0.516. The Hall–Kier alpha value is -4.11. The molecule has 3 saturated carbocycles. The van der Waals surface area contributed by atoms with Crippen LogP contribution in [0.2, 0.25) is 5.02 Å². The maximum atomic E-state index is 14.0. The Labute approximate surface area is 273 Å². The van der Waals surface area contributed by atoms with Gasteiger partial charge in [0.25, 0.3) is 11.8 Å². The molecule has 4 aliphatic rings. The van der Waals surface area contributed by atoms with E-state index in [0.29, 0.717) is 31.6 Å². The highest BCUT2D eigenvalue weighted by Crippen LogP contribution is 2.65. The Morgan fingerprint density at radius 3 is 2.36 bits per heavy atom. The lowest BCUT2D eigenvalue weighted by atomic mass is 9.77. The summed E-state index contributed by atoms with van der Waals surface area (Å²) in [5.41, 5.74) is 5.55. The van der Waals surface area contributed by atoms with Gasteiger partial charge in [-0.15, -0.1) is 0 Å². The molecular weight excluding hydrogens is 639 g/mol. The number of nitrogens with zero attached hydrogens (tertiary/aromatic N) is 6. The number of amides is 4. The number of nitrogens with two attached hydrogens (primary N) is 1. The number of urea groups is 1. The molecule has 4 N–H and O–H groups in total. The summed E-state index contributed by atoms with van der Waals surface area (Å²) in [6.45, 7) is 1.42. The Morgan fingerprint density at radius 1 is 1.06 bits per heavy atom. The van der Waals surface area contributed by atoms with E-state index in [0.717, 1.165) is 38.5 Å². The van der Waals surface area contributed by atoms with Crippen LogP contribution >= 0.6 is 11.6 Å². The molecule has 2 aromatic heterocycles. The van der Waals surface area contributed by atoms with Crippen LogP contribution in [0, 0.1) is 5.41 Å². The predicted octanol–water partition coefficient (Wildman–Crippen LogP) is 4.28. The van der Waals surface area contributed by atoms with E-state index in [2.05, 4.69) is 20.7 Å². The highest BCUT2D eigenvalue weighted by molar-refractivity contribution is 6.34. The van der Waals surface area contributed by atoms with Crippen LogP contribution in [0.3, 0.4) is 0 Å². The number of imidazole rings is 1. The fourth-order valence-corrected chi connectivity index (χ4v) is 7.10. The number of nitrogens with one attached hydrogen (secondary N) is 2. The molecule has 4 fully saturated rings. The fourth-order valence-electron chi connectivity index (χ4n) is 6.84. The quantitative estimate of drug-likeness (QED) is 0.357. The van der Waals surface area contributed by atoms with Crippen molar-refractivity contribution >= 4 is 35.1 Å². The minimum Gasteiger partial charge on any atom is -0.335 e. The number of rotatable bonds is 6. The van der Waals surface area contributed by atoms with Crippen LogP contribution in [0.5, 0.6) is 0 Å². The molecule has 1 saturated heterocycles. The molecule has 7 rings (SSSR count). The standard InChI is InChI=1S/C31H35ClF3N9O3/c1-41-24(22-16-44(40-25(22)31(33,34)35)20-13-30(14-20)4-5-30)15-37-26(41)27(45)38-18-2-3-21(23(32)12-18)28(46)42-6-8-43(9-7-42)29(47)39-19-10-17(36)11-19/h2-3,12,15-17,19-20H,4-11,13-14,36H2,1H3,(H,38,45)(H,39,47)/t17-,19+. The van der Waals surface area contributed by atoms with Gasteiger partial charge in [-0.2, -0.15) is 18.3 Å². The zero-order valence-electron chi connectivity index (χ0n) is 25.7. The van der Waals surface area contributed by atoms with E-state index in [1.807, 2.05) is 0 Å². The van der Waals surface area contributed by atoms with Crippen molar-refractivity contribution in [3.8, 4) is 11.3 Å². The van der Waals surface area contributed by atoms with Crippen molar-refractivity contribution in [3.63, 3.8) is 0 Å². The van der Waals surface area contributed by atoms with Crippen molar-refractivity contribution in [1.29, 1.82) is 0 Å². The summed E-state index contributed by atoms with van der Waals surface area (Å²) in [6.07, 6.45) is 3.35. The SMILES string of the molecule is Cn1c(-c2cn(C3CC4(CC4)C3)nc2C(F)(F)F)cnc1C(=O)Nc1ccc(C(=O)N2CCN(C(=O)N[C@H]3C[C@@H](N)C3)CC2)c(Cl)c1. The smallest absolute Gasteiger partial charge is 0.335 e. The van der Waals surface area contributed by atoms with Crippen LogP contribution in [0.25, 0.3) is 11.3 Å². The average Bonchev–Trinajstić information content (AvgIpc) is 3.53. The van der Waals surface area contributed by atoms with E-state index in [1.54, 1.807) is 9.80 Å². The maximum absolute atomic E-state index is 14.0. The largest absolute Gasteiger partial charge is 0.435 e. The lowest BCUT2D eigenvalue weighted by Crippen LogP contribution is -2.57. The van der Waals surface area contributed by atoms with Gasteiger partial charge in [0.1, 0.15) is 0 Å². The van der Waals surface area contributed by atoms with Gasteiger partial charge in [-0.1, -0.05) is 11.6 Å². The van der Waals surface area contributed by atoms with E-state index in [1.165, 1.54) is 46.9 Å². The zero-order chi connectivity index (χ0) is 33.2. The second kappa shape index (κ2) is 11.5. The van der Waals surface area contributed by atoms with Crippen molar-refractivity contribution < 1.29 is 27.6 Å². The van der Waals surface area contributed by atoms with Crippen LogP contribution in [-0.2, 0) is 13.2 Å². The van der Waals surface area contributed by atoms with Gasteiger partial charge >= 0.3 is 12.2 Å². The molecule has 4 amide bonds. The first-order chi connectivity index (χ1) is 22.3. The molecule has 250 valence electrons. The summed E-state index contributed by atoms with van der Waals surface area (Å²) >= 11 is 6.46. The van der Waals surface area contributed by atoms with Crippen molar-refractivity contribution in [1.82, 2.24) is 34.4 Å². The third-order valence-electron chi connectivity index (χ3n) is 9.95. The number of anilines is 1. The molecule has 0 unspecified atom stereocenters. The molecule has 3 heterocycles. The Bertz CT molecular complexity index is 1730. The molecule has 12 nitrogen and oxygen atoms in total. The molecule has 1 aliphatic heterocycles. The number of carbonyl (C=O) groups excluding carboxylic acids is 3. The summed E-state index contributed by atoms with van der Waals surface area (Å²) in [7, 11) is 1.47. The molecule has 3 aromatic rings. The lowest BCUT2D eigenvalue weighted by molar-refractivity contribution is -0.141. The highest BCUT2D eigenvalue weighted by atomic mass is 35.5. The Balaban J connectivity index is 0.992.